The largest absolute Gasteiger partial charge is 0.478 e. The minimum Gasteiger partial charge on any atom is -0.478 e. The van der Waals surface area contributed by atoms with Crippen molar-refractivity contribution in [2.24, 2.45) is 0 Å². The zero-order valence-electron chi connectivity index (χ0n) is 11.8. The van der Waals surface area contributed by atoms with E-state index in [2.05, 4.69) is 20.8 Å². The van der Waals surface area contributed by atoms with Crippen LogP contribution in [0.5, 0.6) is 0 Å². The van der Waals surface area contributed by atoms with Gasteiger partial charge in [0.1, 0.15) is 0 Å². The van der Waals surface area contributed by atoms with E-state index < -0.39 is 5.97 Å². The Morgan fingerprint density at radius 2 is 1.90 bits per heavy atom. The molecular weight excluding hydrogens is 326 g/mol. The molecule has 0 atom stereocenters. The standard InChI is InChI=1S/C14H20BrNO4/c1-19-6-3-4-16(5-7-20-2)13-9-11(14(17)18)8-12(15)10-13/h8-10H,3-7H2,1-2H3,(H,17,18). The molecule has 0 saturated carbocycles. The van der Waals surface area contributed by atoms with Crippen molar-refractivity contribution < 1.29 is 19.4 Å². The van der Waals surface area contributed by atoms with Crippen LogP contribution in [-0.4, -0.2) is 51.6 Å². The number of rotatable bonds is 9. The van der Waals surface area contributed by atoms with Gasteiger partial charge in [-0.3, -0.25) is 0 Å². The van der Waals surface area contributed by atoms with E-state index in [0.29, 0.717) is 19.8 Å². The van der Waals surface area contributed by atoms with Crippen LogP contribution in [0.25, 0.3) is 0 Å². The van der Waals surface area contributed by atoms with Crippen LogP contribution < -0.4 is 4.90 Å². The molecule has 0 aliphatic heterocycles. The van der Waals surface area contributed by atoms with Crippen LogP contribution in [-0.2, 0) is 9.47 Å². The van der Waals surface area contributed by atoms with Crippen LogP contribution in [0.2, 0.25) is 0 Å². The zero-order chi connectivity index (χ0) is 15.0. The Kier molecular flexibility index (Phi) is 7.58. The molecular formula is C14H20BrNO4. The lowest BCUT2D eigenvalue weighted by atomic mass is 10.2. The van der Waals surface area contributed by atoms with Crippen LogP contribution in [0.1, 0.15) is 16.8 Å². The predicted octanol–water partition coefficient (Wildman–Crippen LogP) is 2.64. The summed E-state index contributed by atoms with van der Waals surface area (Å²) in [6, 6.07) is 5.18. The third-order valence-electron chi connectivity index (χ3n) is 2.84. The van der Waals surface area contributed by atoms with Crippen LogP contribution in [0.4, 0.5) is 5.69 Å². The van der Waals surface area contributed by atoms with Gasteiger partial charge in [0, 0.05) is 44.1 Å². The molecule has 0 amide bonds. The van der Waals surface area contributed by atoms with E-state index in [4.69, 9.17) is 14.6 Å². The topological polar surface area (TPSA) is 59.0 Å². The summed E-state index contributed by atoms with van der Waals surface area (Å²) in [5, 5.41) is 9.12. The number of carbonyl (C=O) groups is 1. The number of benzene rings is 1. The van der Waals surface area contributed by atoms with Crippen molar-refractivity contribution in [1.29, 1.82) is 0 Å². The zero-order valence-corrected chi connectivity index (χ0v) is 13.4. The van der Waals surface area contributed by atoms with Gasteiger partial charge in [-0.15, -0.1) is 0 Å². The molecule has 0 spiro atoms. The highest BCUT2D eigenvalue weighted by atomic mass is 79.9. The third-order valence-corrected chi connectivity index (χ3v) is 3.29. The molecule has 0 aromatic heterocycles. The number of anilines is 1. The predicted molar refractivity (Wildman–Crippen MR) is 81.7 cm³/mol. The van der Waals surface area contributed by atoms with Crippen molar-refractivity contribution in [3.05, 3.63) is 28.2 Å². The highest BCUT2D eigenvalue weighted by Gasteiger charge is 2.11. The number of methoxy groups -OCH3 is 2. The van der Waals surface area contributed by atoms with E-state index in [1.165, 1.54) is 0 Å². The van der Waals surface area contributed by atoms with E-state index in [-0.39, 0.29) is 5.56 Å². The first-order valence-corrected chi connectivity index (χ1v) is 7.14. The summed E-state index contributed by atoms with van der Waals surface area (Å²) in [6.07, 6.45) is 0.870. The first kappa shape index (κ1) is 16.9. The Bertz CT molecular complexity index is 439. The number of hydrogen-bond donors (Lipinski definition) is 1. The normalized spacial score (nSPS) is 10.6. The number of ether oxygens (including phenoxy) is 2. The SMILES string of the molecule is COCCCN(CCOC)c1cc(Br)cc(C(=O)O)c1. The van der Waals surface area contributed by atoms with Crippen LogP contribution >= 0.6 is 15.9 Å². The maximum Gasteiger partial charge on any atom is 0.335 e. The minimum absolute atomic E-state index is 0.267. The second kappa shape index (κ2) is 8.94. The van der Waals surface area contributed by atoms with Gasteiger partial charge in [-0.1, -0.05) is 15.9 Å². The van der Waals surface area contributed by atoms with Crippen molar-refractivity contribution in [2.45, 2.75) is 6.42 Å². The molecule has 1 rings (SSSR count). The van der Waals surface area contributed by atoms with Gasteiger partial charge >= 0.3 is 5.97 Å². The molecule has 20 heavy (non-hydrogen) atoms. The summed E-state index contributed by atoms with van der Waals surface area (Å²) in [7, 11) is 3.32. The summed E-state index contributed by atoms with van der Waals surface area (Å²) in [5.41, 5.74) is 1.13. The fourth-order valence-electron chi connectivity index (χ4n) is 1.85. The van der Waals surface area contributed by atoms with E-state index in [1.54, 1.807) is 26.4 Å². The van der Waals surface area contributed by atoms with E-state index in [9.17, 15) is 4.79 Å². The number of nitrogens with zero attached hydrogens (tertiary/aromatic N) is 1. The van der Waals surface area contributed by atoms with Crippen LogP contribution in [0.15, 0.2) is 22.7 Å². The van der Waals surface area contributed by atoms with Gasteiger partial charge < -0.3 is 19.5 Å². The molecule has 0 bridgehead atoms. The molecule has 0 aliphatic carbocycles. The van der Waals surface area contributed by atoms with Crippen molar-refractivity contribution in [3.63, 3.8) is 0 Å². The number of halogens is 1. The Morgan fingerprint density at radius 1 is 1.20 bits per heavy atom. The lowest BCUT2D eigenvalue weighted by molar-refractivity contribution is 0.0697. The summed E-state index contributed by atoms with van der Waals surface area (Å²) in [6.45, 7) is 2.74. The molecule has 0 radical (unpaired) electrons. The Labute approximate surface area is 127 Å². The summed E-state index contributed by atoms with van der Waals surface area (Å²) < 4.78 is 10.9. The lowest BCUT2D eigenvalue weighted by Crippen LogP contribution is -2.29. The second-order valence-electron chi connectivity index (χ2n) is 4.33. The molecule has 0 aliphatic rings. The molecule has 112 valence electrons. The summed E-state index contributed by atoms with van der Waals surface area (Å²) in [5.74, 6) is -0.934. The highest BCUT2D eigenvalue weighted by Crippen LogP contribution is 2.23. The molecule has 0 fully saturated rings. The Balaban J connectivity index is 2.90. The number of carboxylic acid groups (broad SMARTS) is 1. The third kappa shape index (κ3) is 5.48. The molecule has 5 nitrogen and oxygen atoms in total. The molecule has 1 aromatic carbocycles. The van der Waals surface area contributed by atoms with E-state index >= 15 is 0 Å². The fraction of sp³-hybridized carbons (Fsp3) is 0.500. The van der Waals surface area contributed by atoms with Crippen molar-refractivity contribution in [3.8, 4) is 0 Å². The molecule has 0 saturated heterocycles. The maximum absolute atomic E-state index is 11.1. The lowest BCUT2D eigenvalue weighted by Gasteiger charge is -2.25. The first-order valence-electron chi connectivity index (χ1n) is 6.35. The van der Waals surface area contributed by atoms with Gasteiger partial charge in [-0.05, 0) is 24.6 Å². The molecule has 1 N–H and O–H groups in total. The van der Waals surface area contributed by atoms with Gasteiger partial charge in [0.15, 0.2) is 0 Å². The molecule has 6 heteroatoms. The second-order valence-corrected chi connectivity index (χ2v) is 5.25. The van der Waals surface area contributed by atoms with Crippen molar-refractivity contribution >= 4 is 27.6 Å². The van der Waals surface area contributed by atoms with E-state index in [1.807, 2.05) is 6.07 Å². The van der Waals surface area contributed by atoms with E-state index in [0.717, 1.165) is 23.1 Å². The van der Waals surface area contributed by atoms with Gasteiger partial charge in [0.25, 0.3) is 0 Å². The number of hydrogen-bond acceptors (Lipinski definition) is 4. The number of carboxylic acids is 1. The fourth-order valence-corrected chi connectivity index (χ4v) is 2.33. The summed E-state index contributed by atoms with van der Waals surface area (Å²) >= 11 is 3.35. The molecule has 0 heterocycles. The van der Waals surface area contributed by atoms with Gasteiger partial charge in [-0.25, -0.2) is 4.79 Å². The van der Waals surface area contributed by atoms with Crippen LogP contribution in [0.3, 0.4) is 0 Å². The van der Waals surface area contributed by atoms with Crippen LogP contribution in [0, 0.1) is 0 Å². The average Bonchev–Trinajstić information content (AvgIpc) is 2.42. The van der Waals surface area contributed by atoms with Gasteiger partial charge in [0.2, 0.25) is 0 Å². The highest BCUT2D eigenvalue weighted by molar-refractivity contribution is 9.10. The van der Waals surface area contributed by atoms with Gasteiger partial charge in [-0.2, -0.15) is 0 Å². The molecule has 1 aromatic rings. The first-order chi connectivity index (χ1) is 9.58. The maximum atomic E-state index is 11.1. The smallest absolute Gasteiger partial charge is 0.335 e. The summed E-state index contributed by atoms with van der Waals surface area (Å²) in [4.78, 5) is 13.2. The van der Waals surface area contributed by atoms with Crippen molar-refractivity contribution in [2.75, 3.05) is 45.4 Å². The average molecular weight is 346 g/mol. The Morgan fingerprint density at radius 3 is 2.50 bits per heavy atom. The quantitative estimate of drug-likeness (QED) is 0.697. The van der Waals surface area contributed by atoms with Crippen molar-refractivity contribution in [1.82, 2.24) is 0 Å². The molecule has 0 unspecified atom stereocenters. The number of aromatic carboxylic acids is 1. The minimum atomic E-state index is -0.934. The monoisotopic (exact) mass is 345 g/mol. The van der Waals surface area contributed by atoms with Gasteiger partial charge in [0.05, 0.1) is 12.2 Å². The Hall–Kier alpha value is -1.11.